The predicted molar refractivity (Wildman–Crippen MR) is 85.9 cm³/mol. The number of nitrogens with one attached hydrogen (secondary N) is 1. The normalized spacial score (nSPS) is 35.4. The first-order valence-corrected chi connectivity index (χ1v) is 8.84. The van der Waals surface area contributed by atoms with Crippen molar-refractivity contribution in [3.8, 4) is 0 Å². The topological polar surface area (TPSA) is 21.3 Å². The molecule has 2 atom stereocenters. The van der Waals surface area contributed by atoms with Crippen LogP contribution in [0.15, 0.2) is 0 Å². The van der Waals surface area contributed by atoms with Crippen molar-refractivity contribution in [3.05, 3.63) is 0 Å². The molecule has 2 rings (SSSR count). The molecule has 0 aromatic carbocycles. The highest BCUT2D eigenvalue weighted by Crippen LogP contribution is 2.43. The summed E-state index contributed by atoms with van der Waals surface area (Å²) in [5, 5.41) is 3.60. The Kier molecular flexibility index (Phi) is 5.92. The number of hydrogen-bond acceptors (Lipinski definition) is 2. The second-order valence-electron chi connectivity index (χ2n) is 8.07. The SMILES string of the molecule is CCCNCC1CCOC1C1CCC(C(C)(C)C)CC1. The van der Waals surface area contributed by atoms with E-state index in [1.807, 2.05) is 0 Å². The highest BCUT2D eigenvalue weighted by atomic mass is 16.5. The summed E-state index contributed by atoms with van der Waals surface area (Å²) in [5.41, 5.74) is 0.490. The van der Waals surface area contributed by atoms with Gasteiger partial charge in [0.15, 0.2) is 0 Å². The van der Waals surface area contributed by atoms with Gasteiger partial charge in [-0.3, -0.25) is 0 Å². The zero-order chi connectivity index (χ0) is 14.6. The molecule has 1 saturated carbocycles. The van der Waals surface area contributed by atoms with Gasteiger partial charge in [-0.1, -0.05) is 27.7 Å². The van der Waals surface area contributed by atoms with Gasteiger partial charge < -0.3 is 10.1 Å². The third kappa shape index (κ3) is 4.21. The van der Waals surface area contributed by atoms with Gasteiger partial charge in [0.05, 0.1) is 6.10 Å². The maximum atomic E-state index is 6.12. The molecule has 2 aliphatic rings. The summed E-state index contributed by atoms with van der Waals surface area (Å²) in [5.74, 6) is 2.50. The van der Waals surface area contributed by atoms with Crippen LogP contribution >= 0.6 is 0 Å². The van der Waals surface area contributed by atoms with Gasteiger partial charge in [-0.05, 0) is 62.3 Å². The monoisotopic (exact) mass is 281 g/mol. The molecular formula is C18H35NO. The van der Waals surface area contributed by atoms with Crippen molar-refractivity contribution in [2.75, 3.05) is 19.7 Å². The van der Waals surface area contributed by atoms with Crippen LogP contribution < -0.4 is 5.32 Å². The van der Waals surface area contributed by atoms with Crippen LogP contribution in [0.4, 0.5) is 0 Å². The lowest BCUT2D eigenvalue weighted by Gasteiger charge is -2.39. The van der Waals surface area contributed by atoms with E-state index < -0.39 is 0 Å². The first-order chi connectivity index (χ1) is 9.52. The van der Waals surface area contributed by atoms with E-state index in [9.17, 15) is 0 Å². The number of rotatable bonds is 5. The smallest absolute Gasteiger partial charge is 0.0644 e. The van der Waals surface area contributed by atoms with E-state index in [0.29, 0.717) is 11.5 Å². The van der Waals surface area contributed by atoms with Gasteiger partial charge in [0, 0.05) is 19.1 Å². The largest absolute Gasteiger partial charge is 0.378 e. The Labute approximate surface area is 126 Å². The Morgan fingerprint density at radius 3 is 2.35 bits per heavy atom. The quantitative estimate of drug-likeness (QED) is 0.761. The van der Waals surface area contributed by atoms with Crippen LogP contribution in [-0.2, 0) is 4.74 Å². The highest BCUT2D eigenvalue weighted by Gasteiger charge is 2.38. The molecule has 1 saturated heterocycles. The van der Waals surface area contributed by atoms with Gasteiger partial charge in [-0.2, -0.15) is 0 Å². The average molecular weight is 281 g/mol. The van der Waals surface area contributed by atoms with E-state index in [1.165, 1.54) is 38.5 Å². The fourth-order valence-electron chi connectivity index (χ4n) is 4.17. The summed E-state index contributed by atoms with van der Waals surface area (Å²) in [7, 11) is 0. The third-order valence-electron chi connectivity index (χ3n) is 5.56. The molecule has 20 heavy (non-hydrogen) atoms. The highest BCUT2D eigenvalue weighted by molar-refractivity contribution is 4.89. The van der Waals surface area contributed by atoms with Crippen LogP contribution in [0.1, 0.15) is 66.2 Å². The van der Waals surface area contributed by atoms with Gasteiger partial charge in [-0.25, -0.2) is 0 Å². The molecule has 2 nitrogen and oxygen atoms in total. The van der Waals surface area contributed by atoms with Gasteiger partial charge in [0.1, 0.15) is 0 Å². The Balaban J connectivity index is 1.80. The zero-order valence-corrected chi connectivity index (χ0v) is 14.1. The van der Waals surface area contributed by atoms with Gasteiger partial charge in [-0.15, -0.1) is 0 Å². The van der Waals surface area contributed by atoms with E-state index >= 15 is 0 Å². The number of hydrogen-bond donors (Lipinski definition) is 1. The van der Waals surface area contributed by atoms with E-state index in [1.54, 1.807) is 0 Å². The molecule has 0 bridgehead atoms. The van der Waals surface area contributed by atoms with Crippen molar-refractivity contribution in [2.45, 2.75) is 72.3 Å². The van der Waals surface area contributed by atoms with Gasteiger partial charge in [0.2, 0.25) is 0 Å². The molecule has 1 heterocycles. The molecule has 1 N–H and O–H groups in total. The van der Waals surface area contributed by atoms with Crippen LogP contribution in [0.3, 0.4) is 0 Å². The van der Waals surface area contributed by atoms with E-state index in [-0.39, 0.29) is 0 Å². The molecular weight excluding hydrogens is 246 g/mol. The Morgan fingerprint density at radius 1 is 1.05 bits per heavy atom. The maximum Gasteiger partial charge on any atom is 0.0644 e. The maximum absolute atomic E-state index is 6.12. The van der Waals surface area contributed by atoms with Crippen LogP contribution in [-0.4, -0.2) is 25.8 Å². The second kappa shape index (κ2) is 7.26. The molecule has 0 amide bonds. The molecule has 0 aromatic heterocycles. The molecule has 2 unspecified atom stereocenters. The van der Waals surface area contributed by atoms with Crippen molar-refractivity contribution in [1.82, 2.24) is 5.32 Å². The third-order valence-corrected chi connectivity index (χ3v) is 5.56. The minimum atomic E-state index is 0.490. The van der Waals surface area contributed by atoms with Crippen LogP contribution in [0, 0.1) is 23.2 Å². The summed E-state index contributed by atoms with van der Waals surface area (Å²) in [6.07, 6.45) is 8.62. The lowest BCUT2D eigenvalue weighted by Crippen LogP contribution is -2.37. The lowest BCUT2D eigenvalue weighted by molar-refractivity contribution is 0.0104. The summed E-state index contributed by atoms with van der Waals surface area (Å²) in [6.45, 7) is 12.8. The fraction of sp³-hybridized carbons (Fsp3) is 1.00. The molecule has 0 spiro atoms. The average Bonchev–Trinajstić information content (AvgIpc) is 2.87. The van der Waals surface area contributed by atoms with Crippen LogP contribution in [0.25, 0.3) is 0 Å². The lowest BCUT2D eigenvalue weighted by atomic mass is 9.68. The summed E-state index contributed by atoms with van der Waals surface area (Å²) in [6, 6.07) is 0. The first-order valence-electron chi connectivity index (χ1n) is 8.84. The number of ether oxygens (including phenoxy) is 1. The van der Waals surface area contributed by atoms with Crippen molar-refractivity contribution < 1.29 is 4.74 Å². The second-order valence-corrected chi connectivity index (χ2v) is 8.07. The van der Waals surface area contributed by atoms with Crippen molar-refractivity contribution >= 4 is 0 Å². The van der Waals surface area contributed by atoms with Crippen LogP contribution in [0.5, 0.6) is 0 Å². The van der Waals surface area contributed by atoms with E-state index in [0.717, 1.165) is 37.5 Å². The Morgan fingerprint density at radius 2 is 1.75 bits per heavy atom. The molecule has 2 heteroatoms. The fourth-order valence-corrected chi connectivity index (χ4v) is 4.17. The Bertz CT molecular complexity index is 276. The molecule has 1 aliphatic carbocycles. The van der Waals surface area contributed by atoms with Crippen molar-refractivity contribution in [1.29, 1.82) is 0 Å². The molecule has 118 valence electrons. The molecule has 1 aliphatic heterocycles. The van der Waals surface area contributed by atoms with E-state index in [4.69, 9.17) is 4.74 Å². The summed E-state index contributed by atoms with van der Waals surface area (Å²) in [4.78, 5) is 0. The zero-order valence-electron chi connectivity index (χ0n) is 14.1. The Hall–Kier alpha value is -0.0800. The van der Waals surface area contributed by atoms with Gasteiger partial charge >= 0.3 is 0 Å². The minimum Gasteiger partial charge on any atom is -0.378 e. The van der Waals surface area contributed by atoms with Crippen molar-refractivity contribution in [3.63, 3.8) is 0 Å². The predicted octanol–water partition coefficient (Wildman–Crippen LogP) is 4.24. The van der Waals surface area contributed by atoms with Gasteiger partial charge in [0.25, 0.3) is 0 Å². The molecule has 0 aromatic rings. The summed E-state index contributed by atoms with van der Waals surface area (Å²) < 4.78 is 6.12. The van der Waals surface area contributed by atoms with Crippen molar-refractivity contribution in [2.24, 2.45) is 23.2 Å². The standard InChI is InChI=1S/C18H35NO/c1-5-11-19-13-15-10-12-20-17(15)14-6-8-16(9-7-14)18(2,3)4/h14-17,19H,5-13H2,1-4H3. The summed E-state index contributed by atoms with van der Waals surface area (Å²) >= 11 is 0. The molecule has 2 fully saturated rings. The molecule has 0 radical (unpaired) electrons. The van der Waals surface area contributed by atoms with E-state index in [2.05, 4.69) is 33.0 Å². The van der Waals surface area contributed by atoms with Crippen LogP contribution in [0.2, 0.25) is 0 Å². The minimum absolute atomic E-state index is 0.490. The first kappa shape index (κ1) is 16.3.